The van der Waals surface area contributed by atoms with Crippen LogP contribution in [0.3, 0.4) is 0 Å². The highest BCUT2D eigenvalue weighted by Gasteiger charge is 2.50. The summed E-state index contributed by atoms with van der Waals surface area (Å²) in [6, 6.07) is 10.9. The normalized spacial score (nSPS) is 26.8. The Morgan fingerprint density at radius 3 is 2.43 bits per heavy atom. The molecule has 28 heavy (non-hydrogen) atoms. The Bertz CT molecular complexity index is 703. The zero-order valence-corrected chi connectivity index (χ0v) is 17.1. The molecule has 0 bridgehead atoms. The Morgan fingerprint density at radius 2 is 1.75 bits per heavy atom. The second kappa shape index (κ2) is 8.24. The van der Waals surface area contributed by atoms with E-state index >= 15 is 0 Å². The van der Waals surface area contributed by atoms with E-state index in [1.807, 2.05) is 23.1 Å². The van der Waals surface area contributed by atoms with Gasteiger partial charge in [0.1, 0.15) is 5.54 Å². The zero-order chi connectivity index (χ0) is 19.6. The molecule has 2 saturated heterocycles. The molecule has 2 heterocycles. The number of amides is 2. The van der Waals surface area contributed by atoms with E-state index in [4.69, 9.17) is 0 Å². The molecule has 0 aromatic heterocycles. The number of carbonyl (C=O) groups is 2. The molecule has 4 rings (SSSR count). The molecule has 152 valence electrons. The topological polar surface area (TPSA) is 43.9 Å². The first-order valence-electron chi connectivity index (χ1n) is 11.0. The van der Waals surface area contributed by atoms with Gasteiger partial charge < -0.3 is 9.80 Å². The number of likely N-dealkylation sites (tertiary alicyclic amines) is 1. The first-order valence-corrected chi connectivity index (χ1v) is 11.0. The van der Waals surface area contributed by atoms with Crippen molar-refractivity contribution < 1.29 is 9.59 Å². The SMILES string of the molecule is CC(=O)N1CCCC1(Cc1ccccc1)C(=O)N1CCCN(C2CCC2)CC1. The third-order valence-electron chi connectivity index (χ3n) is 7.02. The molecule has 1 aromatic carbocycles. The predicted molar refractivity (Wildman–Crippen MR) is 110 cm³/mol. The van der Waals surface area contributed by atoms with Crippen molar-refractivity contribution in [3.05, 3.63) is 35.9 Å². The number of carbonyl (C=O) groups excluding carboxylic acids is 2. The van der Waals surface area contributed by atoms with Gasteiger partial charge in [-0.2, -0.15) is 0 Å². The van der Waals surface area contributed by atoms with Crippen molar-refractivity contribution in [1.29, 1.82) is 0 Å². The van der Waals surface area contributed by atoms with Crippen LogP contribution in [-0.4, -0.2) is 70.8 Å². The maximum atomic E-state index is 13.9. The summed E-state index contributed by atoms with van der Waals surface area (Å²) in [6.07, 6.45) is 7.29. The summed E-state index contributed by atoms with van der Waals surface area (Å²) < 4.78 is 0. The fourth-order valence-electron chi connectivity index (χ4n) is 5.30. The third kappa shape index (κ3) is 3.69. The minimum absolute atomic E-state index is 0.0210. The van der Waals surface area contributed by atoms with Gasteiger partial charge in [-0.1, -0.05) is 36.8 Å². The molecule has 2 amide bonds. The summed E-state index contributed by atoms with van der Waals surface area (Å²) in [5.74, 6) is 0.187. The minimum atomic E-state index is -0.709. The van der Waals surface area contributed by atoms with Crippen LogP contribution < -0.4 is 0 Å². The fraction of sp³-hybridized carbons (Fsp3) is 0.652. The monoisotopic (exact) mass is 383 g/mol. The maximum absolute atomic E-state index is 13.9. The van der Waals surface area contributed by atoms with Gasteiger partial charge in [0.15, 0.2) is 0 Å². The molecule has 0 radical (unpaired) electrons. The number of hydrogen-bond acceptors (Lipinski definition) is 3. The van der Waals surface area contributed by atoms with E-state index in [1.54, 1.807) is 6.92 Å². The zero-order valence-electron chi connectivity index (χ0n) is 17.1. The van der Waals surface area contributed by atoms with Crippen molar-refractivity contribution in [1.82, 2.24) is 14.7 Å². The van der Waals surface area contributed by atoms with E-state index in [-0.39, 0.29) is 11.8 Å². The van der Waals surface area contributed by atoms with Crippen molar-refractivity contribution in [3.8, 4) is 0 Å². The molecule has 5 nitrogen and oxygen atoms in total. The Labute approximate surface area is 168 Å². The molecule has 1 atom stereocenters. The van der Waals surface area contributed by atoms with E-state index in [0.29, 0.717) is 13.0 Å². The quantitative estimate of drug-likeness (QED) is 0.803. The molecule has 1 aliphatic carbocycles. The molecule has 2 aliphatic heterocycles. The van der Waals surface area contributed by atoms with Gasteiger partial charge in [-0.05, 0) is 37.7 Å². The second-order valence-corrected chi connectivity index (χ2v) is 8.73. The highest BCUT2D eigenvalue weighted by molar-refractivity contribution is 5.92. The first-order chi connectivity index (χ1) is 13.6. The number of rotatable bonds is 4. The van der Waals surface area contributed by atoms with Gasteiger partial charge in [-0.25, -0.2) is 0 Å². The van der Waals surface area contributed by atoms with Crippen LogP contribution in [0.25, 0.3) is 0 Å². The summed E-state index contributed by atoms with van der Waals surface area (Å²) >= 11 is 0. The van der Waals surface area contributed by atoms with Gasteiger partial charge in [-0.3, -0.25) is 14.5 Å². The Morgan fingerprint density at radius 1 is 0.964 bits per heavy atom. The smallest absolute Gasteiger partial charge is 0.248 e. The molecule has 1 saturated carbocycles. The summed E-state index contributed by atoms with van der Waals surface area (Å²) in [7, 11) is 0. The Kier molecular flexibility index (Phi) is 5.72. The Hall–Kier alpha value is -1.88. The van der Waals surface area contributed by atoms with Crippen molar-refractivity contribution in [2.75, 3.05) is 32.7 Å². The predicted octanol–water partition coefficient (Wildman–Crippen LogP) is 2.70. The molecule has 0 spiro atoms. The van der Waals surface area contributed by atoms with Gasteiger partial charge in [0.25, 0.3) is 0 Å². The fourth-order valence-corrected chi connectivity index (χ4v) is 5.30. The lowest BCUT2D eigenvalue weighted by Crippen LogP contribution is -2.59. The summed E-state index contributed by atoms with van der Waals surface area (Å²) in [6.45, 7) is 5.96. The van der Waals surface area contributed by atoms with E-state index in [0.717, 1.165) is 57.0 Å². The van der Waals surface area contributed by atoms with Crippen LogP contribution in [0.1, 0.15) is 51.0 Å². The largest absolute Gasteiger partial charge is 0.339 e. The number of benzene rings is 1. The van der Waals surface area contributed by atoms with Gasteiger partial charge in [0.2, 0.25) is 11.8 Å². The lowest BCUT2D eigenvalue weighted by Gasteiger charge is -2.41. The second-order valence-electron chi connectivity index (χ2n) is 8.73. The van der Waals surface area contributed by atoms with Crippen LogP contribution in [0.5, 0.6) is 0 Å². The van der Waals surface area contributed by atoms with Crippen LogP contribution in [0.2, 0.25) is 0 Å². The molecule has 1 aromatic rings. The highest BCUT2D eigenvalue weighted by Crippen LogP contribution is 2.35. The van der Waals surface area contributed by atoms with Crippen LogP contribution in [0, 0.1) is 0 Å². The number of hydrogen-bond donors (Lipinski definition) is 0. The van der Waals surface area contributed by atoms with Crippen molar-refractivity contribution in [3.63, 3.8) is 0 Å². The molecule has 3 aliphatic rings. The number of nitrogens with zero attached hydrogens (tertiary/aromatic N) is 3. The lowest BCUT2D eigenvalue weighted by molar-refractivity contribution is -0.150. The molecular weight excluding hydrogens is 350 g/mol. The van der Waals surface area contributed by atoms with Crippen molar-refractivity contribution in [2.45, 2.75) is 63.5 Å². The van der Waals surface area contributed by atoms with Gasteiger partial charge in [0, 0.05) is 52.1 Å². The molecular formula is C23H33N3O2. The molecule has 3 fully saturated rings. The van der Waals surface area contributed by atoms with Crippen LogP contribution >= 0.6 is 0 Å². The molecule has 0 N–H and O–H groups in total. The standard InChI is InChI=1S/C23H33N3O2/c1-19(27)26-15-6-12-23(26,18-20-8-3-2-4-9-20)22(28)25-14-7-13-24(16-17-25)21-10-5-11-21/h2-4,8-9,21H,5-7,10-18H2,1H3. The van der Waals surface area contributed by atoms with Gasteiger partial charge >= 0.3 is 0 Å². The van der Waals surface area contributed by atoms with E-state index in [9.17, 15) is 9.59 Å². The van der Waals surface area contributed by atoms with E-state index < -0.39 is 5.54 Å². The van der Waals surface area contributed by atoms with Gasteiger partial charge in [0.05, 0.1) is 0 Å². The average molecular weight is 384 g/mol. The average Bonchev–Trinajstić information content (AvgIpc) is 2.93. The van der Waals surface area contributed by atoms with Crippen molar-refractivity contribution in [2.24, 2.45) is 0 Å². The summed E-state index contributed by atoms with van der Waals surface area (Å²) in [5, 5.41) is 0. The van der Waals surface area contributed by atoms with E-state index in [2.05, 4.69) is 21.9 Å². The van der Waals surface area contributed by atoms with Crippen LogP contribution in [0.15, 0.2) is 30.3 Å². The highest BCUT2D eigenvalue weighted by atomic mass is 16.2. The Balaban J connectivity index is 1.55. The first kappa shape index (κ1) is 19.4. The van der Waals surface area contributed by atoms with E-state index in [1.165, 1.54) is 19.3 Å². The van der Waals surface area contributed by atoms with Crippen LogP contribution in [0.4, 0.5) is 0 Å². The maximum Gasteiger partial charge on any atom is 0.248 e. The summed E-state index contributed by atoms with van der Waals surface area (Å²) in [5.41, 5.74) is 0.425. The van der Waals surface area contributed by atoms with Crippen molar-refractivity contribution >= 4 is 11.8 Å². The lowest BCUT2D eigenvalue weighted by atomic mass is 9.86. The van der Waals surface area contributed by atoms with Gasteiger partial charge in [-0.15, -0.1) is 0 Å². The van der Waals surface area contributed by atoms with Crippen LogP contribution in [-0.2, 0) is 16.0 Å². The molecule has 5 heteroatoms. The molecule has 1 unspecified atom stereocenters. The minimum Gasteiger partial charge on any atom is -0.339 e. The third-order valence-corrected chi connectivity index (χ3v) is 7.02. The summed E-state index contributed by atoms with van der Waals surface area (Å²) in [4.78, 5) is 32.8.